The van der Waals surface area contributed by atoms with Crippen LogP contribution in [0.1, 0.15) is 36.7 Å². The Morgan fingerprint density at radius 2 is 2.23 bits per heavy atom. The fourth-order valence-corrected chi connectivity index (χ4v) is 1.72. The van der Waals surface area contributed by atoms with Crippen molar-refractivity contribution in [1.82, 2.24) is 4.98 Å². The molecule has 0 bridgehead atoms. The SMILES string of the molecule is CCC/C=C1/C=Cc2[nH]c(C)cc21. The Hall–Kier alpha value is -1.24. The van der Waals surface area contributed by atoms with Crippen molar-refractivity contribution in [1.29, 1.82) is 0 Å². The van der Waals surface area contributed by atoms with Crippen molar-refractivity contribution >= 4 is 11.6 Å². The molecule has 1 aromatic rings. The van der Waals surface area contributed by atoms with Crippen LogP contribution in [0.2, 0.25) is 0 Å². The van der Waals surface area contributed by atoms with Gasteiger partial charge in [0.25, 0.3) is 0 Å². The number of unbranched alkanes of at least 4 members (excludes halogenated alkanes) is 1. The number of aryl methyl sites for hydroxylation is 1. The molecule has 1 nitrogen and oxygen atoms in total. The van der Waals surface area contributed by atoms with Gasteiger partial charge in [0.2, 0.25) is 0 Å². The predicted molar refractivity (Wildman–Crippen MR) is 57.4 cm³/mol. The molecule has 1 heterocycles. The summed E-state index contributed by atoms with van der Waals surface area (Å²) in [5.74, 6) is 0. The zero-order valence-electron chi connectivity index (χ0n) is 8.22. The Balaban J connectivity index is 2.32. The van der Waals surface area contributed by atoms with Crippen molar-refractivity contribution in [3.63, 3.8) is 0 Å². The number of aromatic nitrogens is 1. The van der Waals surface area contributed by atoms with Gasteiger partial charge in [0.15, 0.2) is 0 Å². The Bertz CT molecular complexity index is 366. The molecule has 0 saturated heterocycles. The van der Waals surface area contributed by atoms with E-state index in [0.29, 0.717) is 0 Å². The minimum atomic E-state index is 1.17. The molecule has 1 heteroatoms. The Kier molecular flexibility index (Phi) is 2.09. The van der Waals surface area contributed by atoms with Gasteiger partial charge in [-0.2, -0.15) is 0 Å². The molecule has 0 aliphatic heterocycles. The number of fused-ring (bicyclic) bond motifs is 1. The molecule has 0 saturated carbocycles. The molecule has 13 heavy (non-hydrogen) atoms. The average molecular weight is 173 g/mol. The summed E-state index contributed by atoms with van der Waals surface area (Å²) in [6, 6.07) is 2.22. The first kappa shape index (κ1) is 8.36. The number of nitrogens with one attached hydrogen (secondary N) is 1. The quantitative estimate of drug-likeness (QED) is 0.704. The lowest BCUT2D eigenvalue weighted by Gasteiger charge is -1.93. The summed E-state index contributed by atoms with van der Waals surface area (Å²) in [6.45, 7) is 4.31. The van der Waals surface area contributed by atoms with Crippen molar-refractivity contribution in [2.75, 3.05) is 0 Å². The molecule has 0 unspecified atom stereocenters. The topological polar surface area (TPSA) is 15.8 Å². The number of H-pyrrole nitrogens is 1. The third-order valence-corrected chi connectivity index (χ3v) is 2.38. The van der Waals surface area contributed by atoms with Gasteiger partial charge in [0, 0.05) is 17.0 Å². The zero-order valence-corrected chi connectivity index (χ0v) is 8.22. The largest absolute Gasteiger partial charge is 0.359 e. The lowest BCUT2D eigenvalue weighted by Crippen LogP contribution is -1.74. The normalized spacial score (nSPS) is 16.9. The highest BCUT2D eigenvalue weighted by atomic mass is 14.7. The first-order chi connectivity index (χ1) is 6.31. The number of rotatable bonds is 2. The molecule has 2 rings (SSSR count). The summed E-state index contributed by atoms with van der Waals surface area (Å²) in [6.07, 6.45) is 9.05. The minimum Gasteiger partial charge on any atom is -0.359 e. The van der Waals surface area contributed by atoms with E-state index in [-0.39, 0.29) is 0 Å². The maximum Gasteiger partial charge on any atom is 0.0462 e. The number of hydrogen-bond donors (Lipinski definition) is 1. The van der Waals surface area contributed by atoms with E-state index < -0.39 is 0 Å². The van der Waals surface area contributed by atoms with Crippen LogP contribution in [0, 0.1) is 6.92 Å². The van der Waals surface area contributed by atoms with Gasteiger partial charge in [0.05, 0.1) is 0 Å². The smallest absolute Gasteiger partial charge is 0.0462 e. The first-order valence-corrected chi connectivity index (χ1v) is 4.89. The molecule has 1 aromatic heterocycles. The van der Waals surface area contributed by atoms with E-state index in [0.717, 1.165) is 0 Å². The van der Waals surface area contributed by atoms with Crippen LogP contribution < -0.4 is 0 Å². The predicted octanol–water partition coefficient (Wildman–Crippen LogP) is 3.53. The van der Waals surface area contributed by atoms with Crippen molar-refractivity contribution in [2.24, 2.45) is 0 Å². The summed E-state index contributed by atoms with van der Waals surface area (Å²) in [7, 11) is 0. The van der Waals surface area contributed by atoms with Crippen LogP contribution >= 0.6 is 0 Å². The Morgan fingerprint density at radius 3 is 3.00 bits per heavy atom. The van der Waals surface area contributed by atoms with E-state index in [1.165, 1.54) is 35.4 Å². The van der Waals surface area contributed by atoms with Crippen LogP contribution in [0.15, 0.2) is 18.2 Å². The van der Waals surface area contributed by atoms with E-state index in [9.17, 15) is 0 Å². The third kappa shape index (κ3) is 1.46. The lowest BCUT2D eigenvalue weighted by molar-refractivity contribution is 0.961. The summed E-state index contributed by atoms with van der Waals surface area (Å²) in [5.41, 5.74) is 5.25. The second kappa shape index (κ2) is 3.25. The van der Waals surface area contributed by atoms with Crippen LogP contribution in [0.3, 0.4) is 0 Å². The highest BCUT2D eigenvalue weighted by Gasteiger charge is 2.11. The highest BCUT2D eigenvalue weighted by molar-refractivity contribution is 5.89. The molecule has 1 N–H and O–H groups in total. The standard InChI is InChI=1S/C12H15N/c1-3-4-5-10-6-7-12-11(10)8-9(2)13-12/h5-8,13H,3-4H2,1-2H3/b10-5-. The van der Waals surface area contributed by atoms with E-state index in [2.05, 4.69) is 43.1 Å². The van der Waals surface area contributed by atoms with Crippen molar-refractivity contribution in [3.8, 4) is 0 Å². The van der Waals surface area contributed by atoms with E-state index in [1.807, 2.05) is 0 Å². The molecule has 0 spiro atoms. The van der Waals surface area contributed by atoms with Crippen molar-refractivity contribution < 1.29 is 0 Å². The average Bonchev–Trinajstić information content (AvgIpc) is 2.61. The minimum absolute atomic E-state index is 1.17. The van der Waals surface area contributed by atoms with Gasteiger partial charge in [-0.15, -0.1) is 0 Å². The molecular weight excluding hydrogens is 158 g/mol. The Morgan fingerprint density at radius 1 is 1.38 bits per heavy atom. The van der Waals surface area contributed by atoms with Gasteiger partial charge >= 0.3 is 0 Å². The van der Waals surface area contributed by atoms with Gasteiger partial charge in [0.1, 0.15) is 0 Å². The van der Waals surface area contributed by atoms with Crippen LogP contribution in [-0.4, -0.2) is 4.98 Å². The summed E-state index contributed by atoms with van der Waals surface area (Å²) in [4.78, 5) is 3.34. The summed E-state index contributed by atoms with van der Waals surface area (Å²) >= 11 is 0. The monoisotopic (exact) mass is 173 g/mol. The van der Waals surface area contributed by atoms with E-state index in [1.54, 1.807) is 0 Å². The lowest BCUT2D eigenvalue weighted by atomic mass is 10.1. The number of aromatic amines is 1. The molecule has 0 atom stereocenters. The van der Waals surface area contributed by atoms with Gasteiger partial charge < -0.3 is 4.98 Å². The van der Waals surface area contributed by atoms with Crippen molar-refractivity contribution in [3.05, 3.63) is 35.2 Å². The van der Waals surface area contributed by atoms with E-state index >= 15 is 0 Å². The molecular formula is C12H15N. The Labute approximate surface area is 79.2 Å². The van der Waals surface area contributed by atoms with Gasteiger partial charge in [-0.05, 0) is 31.1 Å². The second-order valence-electron chi connectivity index (χ2n) is 3.56. The third-order valence-electron chi connectivity index (χ3n) is 2.38. The van der Waals surface area contributed by atoms with Crippen LogP contribution in [-0.2, 0) is 0 Å². The highest BCUT2D eigenvalue weighted by Crippen LogP contribution is 2.29. The van der Waals surface area contributed by atoms with Crippen LogP contribution in [0.5, 0.6) is 0 Å². The number of allylic oxidation sites excluding steroid dienone is 3. The molecule has 1 aliphatic carbocycles. The number of hydrogen-bond acceptors (Lipinski definition) is 0. The van der Waals surface area contributed by atoms with Crippen molar-refractivity contribution in [2.45, 2.75) is 26.7 Å². The summed E-state index contributed by atoms with van der Waals surface area (Å²) < 4.78 is 0. The van der Waals surface area contributed by atoms with Gasteiger partial charge in [-0.1, -0.05) is 25.5 Å². The zero-order chi connectivity index (χ0) is 9.26. The van der Waals surface area contributed by atoms with E-state index in [4.69, 9.17) is 0 Å². The fourth-order valence-electron chi connectivity index (χ4n) is 1.72. The molecule has 0 radical (unpaired) electrons. The van der Waals surface area contributed by atoms with Gasteiger partial charge in [-0.3, -0.25) is 0 Å². The summed E-state index contributed by atoms with van der Waals surface area (Å²) in [5, 5.41) is 0. The molecule has 0 amide bonds. The first-order valence-electron chi connectivity index (χ1n) is 4.89. The molecule has 1 aliphatic rings. The molecule has 68 valence electrons. The maximum absolute atomic E-state index is 3.34. The molecule has 0 fully saturated rings. The second-order valence-corrected chi connectivity index (χ2v) is 3.56. The maximum atomic E-state index is 3.34. The van der Waals surface area contributed by atoms with Crippen LogP contribution in [0.25, 0.3) is 11.6 Å². The molecule has 0 aromatic carbocycles. The fraction of sp³-hybridized carbons (Fsp3) is 0.333. The van der Waals surface area contributed by atoms with Crippen LogP contribution in [0.4, 0.5) is 0 Å². The van der Waals surface area contributed by atoms with Gasteiger partial charge in [-0.25, -0.2) is 0 Å².